The lowest BCUT2D eigenvalue weighted by Gasteiger charge is -2.12. The number of para-hydroxylation sites is 3. The van der Waals surface area contributed by atoms with Gasteiger partial charge < -0.3 is 5.32 Å². The summed E-state index contributed by atoms with van der Waals surface area (Å²) in [7, 11) is -3.94. The Morgan fingerprint density at radius 3 is 2.28 bits per heavy atom. The number of amides is 1. The lowest BCUT2D eigenvalue weighted by molar-refractivity contribution is -0.113. The van der Waals surface area contributed by atoms with Crippen molar-refractivity contribution in [1.82, 2.24) is 14.8 Å². The summed E-state index contributed by atoms with van der Waals surface area (Å²) in [6.07, 6.45) is 0. The number of halogens is 1. The van der Waals surface area contributed by atoms with E-state index in [2.05, 4.69) is 20.2 Å². The van der Waals surface area contributed by atoms with E-state index < -0.39 is 10.0 Å². The molecule has 0 aliphatic heterocycles. The number of rotatable bonds is 9. The number of aromatic nitrogens is 3. The highest BCUT2D eigenvalue weighted by atomic mass is 35.5. The van der Waals surface area contributed by atoms with Crippen molar-refractivity contribution in [3.8, 4) is 17.1 Å². The SMILES string of the molecule is O=C(CSc1nnc(-c2cccc(S(=O)(=O)Nc3ccccc3Cl)c2)n1-c1ccccc1)Nc1ccccc1. The van der Waals surface area contributed by atoms with E-state index in [0.29, 0.717) is 27.3 Å². The first-order valence-electron chi connectivity index (χ1n) is 11.8. The molecular formula is C28H22ClN5O3S2. The summed E-state index contributed by atoms with van der Waals surface area (Å²) in [5.74, 6) is 0.354. The molecule has 196 valence electrons. The molecule has 39 heavy (non-hydrogen) atoms. The van der Waals surface area contributed by atoms with Gasteiger partial charge in [-0.3, -0.25) is 14.1 Å². The van der Waals surface area contributed by atoms with E-state index in [1.54, 1.807) is 41.0 Å². The summed E-state index contributed by atoms with van der Waals surface area (Å²) in [6.45, 7) is 0. The molecule has 0 atom stereocenters. The van der Waals surface area contributed by atoms with Gasteiger partial charge in [0, 0.05) is 16.9 Å². The quantitative estimate of drug-likeness (QED) is 0.205. The fraction of sp³-hybridized carbons (Fsp3) is 0.0357. The first-order chi connectivity index (χ1) is 18.9. The van der Waals surface area contributed by atoms with Crippen LogP contribution in [0.15, 0.2) is 119 Å². The Hall–Kier alpha value is -4.12. The zero-order valence-electron chi connectivity index (χ0n) is 20.4. The molecule has 5 rings (SSSR count). The van der Waals surface area contributed by atoms with Crippen molar-refractivity contribution in [3.05, 3.63) is 114 Å². The maximum atomic E-state index is 13.2. The Kier molecular flexibility index (Phi) is 7.97. The number of hydrogen-bond acceptors (Lipinski definition) is 6. The fourth-order valence-electron chi connectivity index (χ4n) is 3.76. The molecule has 2 N–H and O–H groups in total. The van der Waals surface area contributed by atoms with Crippen molar-refractivity contribution in [3.63, 3.8) is 0 Å². The number of carbonyl (C=O) groups is 1. The molecule has 4 aromatic carbocycles. The highest BCUT2D eigenvalue weighted by molar-refractivity contribution is 7.99. The standard InChI is InChI=1S/C28H22ClN5O3S2/c29-24-16-7-8-17-25(24)33-39(36,37)23-15-9-10-20(18-23)27-31-32-28(34(27)22-13-5-2-6-14-22)38-19-26(35)30-21-11-3-1-4-12-21/h1-18,33H,19H2,(H,30,35). The first kappa shape index (κ1) is 26.5. The maximum absolute atomic E-state index is 13.2. The van der Waals surface area contributed by atoms with Crippen molar-refractivity contribution in [2.45, 2.75) is 10.1 Å². The summed E-state index contributed by atoms with van der Waals surface area (Å²) in [6, 6.07) is 31.7. The van der Waals surface area contributed by atoms with Crippen LogP contribution in [-0.2, 0) is 14.8 Å². The number of anilines is 2. The minimum atomic E-state index is -3.94. The molecule has 0 aliphatic carbocycles. The Morgan fingerprint density at radius 2 is 1.54 bits per heavy atom. The Bertz CT molecular complexity index is 1710. The topological polar surface area (TPSA) is 106 Å². The second kappa shape index (κ2) is 11.7. The molecule has 0 bridgehead atoms. The molecule has 0 fully saturated rings. The van der Waals surface area contributed by atoms with Gasteiger partial charge >= 0.3 is 0 Å². The van der Waals surface area contributed by atoms with Gasteiger partial charge in [-0.25, -0.2) is 8.42 Å². The fourth-order valence-corrected chi connectivity index (χ4v) is 5.87. The number of carbonyl (C=O) groups excluding carboxylic acids is 1. The molecule has 5 aromatic rings. The summed E-state index contributed by atoms with van der Waals surface area (Å²) in [5.41, 5.74) is 2.29. The zero-order valence-corrected chi connectivity index (χ0v) is 22.7. The Morgan fingerprint density at radius 1 is 0.846 bits per heavy atom. The van der Waals surface area contributed by atoms with Crippen LogP contribution in [0.4, 0.5) is 11.4 Å². The first-order valence-corrected chi connectivity index (χ1v) is 14.6. The lowest BCUT2D eigenvalue weighted by Crippen LogP contribution is -2.14. The van der Waals surface area contributed by atoms with Gasteiger partial charge in [-0.2, -0.15) is 0 Å². The van der Waals surface area contributed by atoms with E-state index in [0.717, 1.165) is 5.69 Å². The molecule has 0 spiro atoms. The molecule has 1 aromatic heterocycles. The van der Waals surface area contributed by atoms with Gasteiger partial charge in [0.25, 0.3) is 10.0 Å². The minimum Gasteiger partial charge on any atom is -0.325 e. The predicted molar refractivity (Wildman–Crippen MR) is 155 cm³/mol. The molecule has 1 heterocycles. The lowest BCUT2D eigenvalue weighted by atomic mass is 10.2. The van der Waals surface area contributed by atoms with E-state index >= 15 is 0 Å². The molecule has 11 heteroatoms. The summed E-state index contributed by atoms with van der Waals surface area (Å²) in [4.78, 5) is 12.6. The van der Waals surface area contributed by atoms with Crippen LogP contribution in [0.25, 0.3) is 17.1 Å². The second-order valence-corrected chi connectivity index (χ2v) is 11.3. The van der Waals surface area contributed by atoms with Gasteiger partial charge in [-0.15, -0.1) is 10.2 Å². The van der Waals surface area contributed by atoms with Crippen molar-refractivity contribution in [1.29, 1.82) is 0 Å². The third-order valence-corrected chi connectivity index (χ3v) is 8.18. The monoisotopic (exact) mass is 575 g/mol. The highest BCUT2D eigenvalue weighted by Crippen LogP contribution is 2.30. The predicted octanol–water partition coefficient (Wildman–Crippen LogP) is 6.12. The number of nitrogens with one attached hydrogen (secondary N) is 2. The molecule has 0 unspecified atom stereocenters. The van der Waals surface area contributed by atoms with E-state index in [-0.39, 0.29) is 22.2 Å². The molecule has 8 nitrogen and oxygen atoms in total. The van der Waals surface area contributed by atoms with Crippen LogP contribution in [0.2, 0.25) is 5.02 Å². The highest BCUT2D eigenvalue weighted by Gasteiger charge is 2.21. The zero-order chi connectivity index (χ0) is 27.2. The number of benzene rings is 4. The van der Waals surface area contributed by atoms with Crippen LogP contribution in [0, 0.1) is 0 Å². The van der Waals surface area contributed by atoms with Crippen LogP contribution in [-0.4, -0.2) is 34.8 Å². The number of hydrogen-bond donors (Lipinski definition) is 2. The Labute approximate surface area is 235 Å². The van der Waals surface area contributed by atoms with Crippen LogP contribution >= 0.6 is 23.4 Å². The average molecular weight is 576 g/mol. The summed E-state index contributed by atoms with van der Waals surface area (Å²) >= 11 is 7.38. The summed E-state index contributed by atoms with van der Waals surface area (Å²) in [5, 5.41) is 12.3. The average Bonchev–Trinajstić information content (AvgIpc) is 3.38. The number of sulfonamides is 1. The van der Waals surface area contributed by atoms with Crippen molar-refractivity contribution < 1.29 is 13.2 Å². The van der Waals surface area contributed by atoms with E-state index in [1.807, 2.05) is 60.7 Å². The normalized spacial score (nSPS) is 11.2. The maximum Gasteiger partial charge on any atom is 0.261 e. The van der Waals surface area contributed by atoms with E-state index in [4.69, 9.17) is 11.6 Å². The van der Waals surface area contributed by atoms with Gasteiger partial charge in [0.05, 0.1) is 21.4 Å². The van der Waals surface area contributed by atoms with Gasteiger partial charge in [-0.1, -0.05) is 84.0 Å². The van der Waals surface area contributed by atoms with Gasteiger partial charge in [0.2, 0.25) is 5.91 Å². The van der Waals surface area contributed by atoms with E-state index in [1.165, 1.54) is 23.9 Å². The van der Waals surface area contributed by atoms with E-state index in [9.17, 15) is 13.2 Å². The van der Waals surface area contributed by atoms with Crippen molar-refractivity contribution in [2.75, 3.05) is 15.8 Å². The minimum absolute atomic E-state index is 0.0407. The van der Waals surface area contributed by atoms with Crippen LogP contribution in [0.3, 0.4) is 0 Å². The van der Waals surface area contributed by atoms with Crippen molar-refractivity contribution in [2.24, 2.45) is 0 Å². The van der Waals surface area contributed by atoms with Gasteiger partial charge in [-0.05, 0) is 48.5 Å². The van der Waals surface area contributed by atoms with Gasteiger partial charge in [0.15, 0.2) is 11.0 Å². The molecule has 0 radical (unpaired) electrons. The molecular weight excluding hydrogens is 554 g/mol. The Balaban J connectivity index is 1.45. The molecule has 0 saturated heterocycles. The van der Waals surface area contributed by atoms with Crippen LogP contribution in [0.5, 0.6) is 0 Å². The van der Waals surface area contributed by atoms with Crippen LogP contribution in [0.1, 0.15) is 0 Å². The number of thioether (sulfide) groups is 1. The largest absolute Gasteiger partial charge is 0.325 e. The van der Waals surface area contributed by atoms with Crippen LogP contribution < -0.4 is 10.0 Å². The number of nitrogens with zero attached hydrogens (tertiary/aromatic N) is 3. The van der Waals surface area contributed by atoms with Crippen molar-refractivity contribution >= 4 is 50.7 Å². The third kappa shape index (κ3) is 6.31. The molecule has 0 saturated carbocycles. The molecule has 1 amide bonds. The molecule has 0 aliphatic rings. The third-order valence-electron chi connectivity index (χ3n) is 5.56. The second-order valence-electron chi connectivity index (χ2n) is 8.29. The summed E-state index contributed by atoms with van der Waals surface area (Å²) < 4.78 is 30.7. The smallest absolute Gasteiger partial charge is 0.261 e. The van der Waals surface area contributed by atoms with Gasteiger partial charge in [0.1, 0.15) is 0 Å².